The topological polar surface area (TPSA) is 141 Å². The van der Waals surface area contributed by atoms with E-state index in [0.717, 1.165) is 92.4 Å². The third kappa shape index (κ3) is 13.6. The molecule has 0 aliphatic rings. The van der Waals surface area contributed by atoms with Crippen LogP contribution in [0.4, 0.5) is 34.9 Å². The third-order valence-electron chi connectivity index (χ3n) is 13.4. The van der Waals surface area contributed by atoms with Crippen LogP contribution in [0.5, 0.6) is 5.75 Å². The highest BCUT2D eigenvalue weighted by Gasteiger charge is 2.19. The van der Waals surface area contributed by atoms with Gasteiger partial charge in [-0.2, -0.15) is 9.97 Å². The molecule has 0 saturated carbocycles. The number of benzene rings is 9. The van der Waals surface area contributed by atoms with Crippen molar-refractivity contribution in [2.45, 2.75) is 72.2 Å². The third-order valence-corrected chi connectivity index (χ3v) is 15.9. The van der Waals surface area contributed by atoms with Crippen molar-refractivity contribution in [2.75, 3.05) is 28.0 Å². The number of nitrogens with one attached hydrogen (secondary N) is 3. The lowest BCUT2D eigenvalue weighted by atomic mass is 10.0. The van der Waals surface area contributed by atoms with Gasteiger partial charge in [0.1, 0.15) is 17.4 Å². The standard InChI is InChI=1S/C36H32N4O2S.C31H30N4OS/c1-42-30-21-19-29(20-22-30)40(24-26-11-3-2-4-12-26)35-31-15-7-8-16-32(31)38-36(39-35)37-23-27-13-5-9-17-33(27)43-34-18-10-6-14-28(34)25-41;1-21(2)24-13-5-7-15-26(24)33-30-25-14-6-8-16-27(25)34-31(35-30)32-19-22-11-3-9-17-28(22)37-29-18-10-4-12-23(29)20-36/h2-22,41H,23-25H2,1H3,(H,37,38,39);3-18,21,36H,19-20H2,1-2H3,(H2,32,33,34,35). The molecule has 11 nitrogen and oxygen atoms in total. The normalized spacial score (nSPS) is 11.0. The molecule has 0 amide bonds. The number of fused-ring (bicyclic) bond motifs is 2. The lowest BCUT2D eigenvalue weighted by Crippen LogP contribution is -2.19. The lowest BCUT2D eigenvalue weighted by Gasteiger charge is -2.26. The Bertz CT molecular complexity index is 3830. The molecule has 2 heterocycles. The summed E-state index contributed by atoms with van der Waals surface area (Å²) >= 11 is 3.31. The molecule has 11 rings (SSSR count). The van der Waals surface area contributed by atoms with Crippen molar-refractivity contribution in [2.24, 2.45) is 0 Å². The van der Waals surface area contributed by atoms with E-state index in [2.05, 4.69) is 120 Å². The highest BCUT2D eigenvalue weighted by atomic mass is 32.2. The number of ether oxygens (including phenoxy) is 1. The number of aliphatic hydroxyl groups excluding tert-OH is 2. The van der Waals surface area contributed by atoms with Gasteiger partial charge in [-0.05, 0) is 118 Å². The van der Waals surface area contributed by atoms with Gasteiger partial charge in [0.05, 0.1) is 31.4 Å². The minimum absolute atomic E-state index is 0.00493. The van der Waals surface area contributed by atoms with E-state index in [-0.39, 0.29) is 13.2 Å². The van der Waals surface area contributed by atoms with Gasteiger partial charge in [-0.25, -0.2) is 9.97 Å². The van der Waals surface area contributed by atoms with Crippen molar-refractivity contribution in [3.63, 3.8) is 0 Å². The molecule has 0 fully saturated rings. The second-order valence-electron chi connectivity index (χ2n) is 19.1. The van der Waals surface area contributed by atoms with E-state index in [9.17, 15) is 10.2 Å². The minimum Gasteiger partial charge on any atom is -0.497 e. The number of para-hydroxylation sites is 3. The predicted octanol–water partition coefficient (Wildman–Crippen LogP) is 16.0. The molecular weight excluding hydrogens is 1030 g/mol. The van der Waals surface area contributed by atoms with E-state index in [1.165, 1.54) is 11.1 Å². The second kappa shape index (κ2) is 26.8. The Labute approximate surface area is 476 Å². The van der Waals surface area contributed by atoms with Gasteiger partial charge in [0, 0.05) is 61.4 Å². The van der Waals surface area contributed by atoms with Crippen molar-refractivity contribution in [3.8, 4) is 5.75 Å². The Balaban J connectivity index is 0.000000182. The average Bonchev–Trinajstić information content (AvgIpc) is 3.65. The van der Waals surface area contributed by atoms with Crippen molar-refractivity contribution < 1.29 is 14.9 Å². The quantitative estimate of drug-likeness (QED) is 0.0495. The lowest BCUT2D eigenvalue weighted by molar-refractivity contribution is 0.278. The molecule has 0 saturated heterocycles. The van der Waals surface area contributed by atoms with Crippen LogP contribution in [0.2, 0.25) is 0 Å². The molecule has 11 aromatic rings. The van der Waals surface area contributed by atoms with Crippen molar-refractivity contribution in [1.29, 1.82) is 0 Å². The molecule has 5 N–H and O–H groups in total. The van der Waals surface area contributed by atoms with Crippen LogP contribution in [0.1, 0.15) is 53.1 Å². The zero-order chi connectivity index (χ0) is 55.0. The van der Waals surface area contributed by atoms with Gasteiger partial charge in [-0.3, -0.25) is 0 Å². The Morgan fingerprint density at radius 2 is 0.938 bits per heavy atom. The number of methoxy groups -OCH3 is 1. The summed E-state index contributed by atoms with van der Waals surface area (Å²) < 4.78 is 5.43. The minimum atomic E-state index is 0.00493. The number of aromatic nitrogens is 4. The zero-order valence-electron chi connectivity index (χ0n) is 44.8. The number of rotatable bonds is 20. The van der Waals surface area contributed by atoms with Gasteiger partial charge in [0.15, 0.2) is 0 Å². The average molecular weight is 1090 g/mol. The van der Waals surface area contributed by atoms with Gasteiger partial charge >= 0.3 is 0 Å². The molecule has 0 radical (unpaired) electrons. The molecule has 0 unspecified atom stereocenters. The molecule has 13 heteroatoms. The van der Waals surface area contributed by atoms with E-state index in [0.29, 0.717) is 37.4 Å². The Morgan fingerprint density at radius 1 is 0.475 bits per heavy atom. The highest BCUT2D eigenvalue weighted by Crippen LogP contribution is 2.37. The van der Waals surface area contributed by atoms with Crippen LogP contribution in [-0.4, -0.2) is 37.3 Å². The maximum atomic E-state index is 9.82. The Kier molecular flexibility index (Phi) is 18.3. The summed E-state index contributed by atoms with van der Waals surface area (Å²) in [6, 6.07) is 75.5. The Hall–Kier alpha value is -8.72. The van der Waals surface area contributed by atoms with Crippen LogP contribution in [0.25, 0.3) is 21.8 Å². The monoisotopic (exact) mass is 1090 g/mol. The first-order chi connectivity index (χ1) is 39.3. The summed E-state index contributed by atoms with van der Waals surface area (Å²) in [6.07, 6.45) is 0. The molecule has 80 heavy (non-hydrogen) atoms. The first-order valence-corrected chi connectivity index (χ1v) is 28.2. The smallest absolute Gasteiger partial charge is 0.225 e. The second-order valence-corrected chi connectivity index (χ2v) is 21.3. The van der Waals surface area contributed by atoms with E-state index in [1.807, 2.05) is 140 Å². The summed E-state index contributed by atoms with van der Waals surface area (Å²) in [5, 5.41) is 32.0. The maximum absolute atomic E-state index is 9.82. The molecule has 9 aromatic carbocycles. The van der Waals surface area contributed by atoms with Gasteiger partial charge in [-0.1, -0.05) is 183 Å². The van der Waals surface area contributed by atoms with Crippen LogP contribution < -0.4 is 25.6 Å². The van der Waals surface area contributed by atoms with Crippen LogP contribution in [-0.2, 0) is 32.8 Å². The molecule has 0 bridgehead atoms. The molecule has 0 aliphatic heterocycles. The SMILES string of the molecule is CC(C)c1ccccc1Nc1nc(NCc2ccccc2Sc2ccccc2CO)nc2ccccc12.COc1ccc(N(Cc2ccccc2)c2nc(NCc3ccccc3Sc3ccccc3CO)nc3ccccc23)cc1. The van der Waals surface area contributed by atoms with Crippen molar-refractivity contribution >= 4 is 80.2 Å². The van der Waals surface area contributed by atoms with E-state index in [1.54, 1.807) is 30.6 Å². The molecule has 400 valence electrons. The zero-order valence-corrected chi connectivity index (χ0v) is 46.5. The molecule has 0 aliphatic carbocycles. The number of hydrogen-bond donors (Lipinski definition) is 5. The van der Waals surface area contributed by atoms with Crippen molar-refractivity contribution in [3.05, 3.63) is 258 Å². The largest absolute Gasteiger partial charge is 0.497 e. The summed E-state index contributed by atoms with van der Waals surface area (Å²) in [4.78, 5) is 26.2. The predicted molar refractivity (Wildman–Crippen MR) is 329 cm³/mol. The molecular formula is C67H62N8O3S2. The van der Waals surface area contributed by atoms with Crippen LogP contribution in [0.3, 0.4) is 0 Å². The maximum Gasteiger partial charge on any atom is 0.225 e. The molecule has 0 atom stereocenters. The summed E-state index contributed by atoms with van der Waals surface area (Å²) in [5.41, 5.74) is 10.3. The number of nitrogens with zero attached hydrogens (tertiary/aromatic N) is 5. The number of anilines is 6. The van der Waals surface area contributed by atoms with Gasteiger partial charge < -0.3 is 35.8 Å². The van der Waals surface area contributed by atoms with Crippen molar-refractivity contribution in [1.82, 2.24) is 19.9 Å². The van der Waals surface area contributed by atoms with Crippen LogP contribution >= 0.6 is 23.5 Å². The van der Waals surface area contributed by atoms with E-state index in [4.69, 9.17) is 24.7 Å². The van der Waals surface area contributed by atoms with Crippen LogP contribution in [0, 0.1) is 0 Å². The fourth-order valence-electron chi connectivity index (χ4n) is 9.21. The summed E-state index contributed by atoms with van der Waals surface area (Å²) in [5.74, 6) is 3.91. The summed E-state index contributed by atoms with van der Waals surface area (Å²) in [7, 11) is 1.68. The molecule has 2 aromatic heterocycles. The Morgan fingerprint density at radius 3 is 1.50 bits per heavy atom. The first kappa shape index (κ1) is 54.6. The fraction of sp³-hybridized carbons (Fsp3) is 0.134. The van der Waals surface area contributed by atoms with Gasteiger partial charge in [-0.15, -0.1) is 0 Å². The van der Waals surface area contributed by atoms with Crippen LogP contribution in [0.15, 0.2) is 244 Å². The van der Waals surface area contributed by atoms with Gasteiger partial charge in [0.25, 0.3) is 0 Å². The number of hydrogen-bond acceptors (Lipinski definition) is 13. The highest BCUT2D eigenvalue weighted by molar-refractivity contribution is 7.99. The van der Waals surface area contributed by atoms with Gasteiger partial charge in [0.2, 0.25) is 11.9 Å². The fourth-order valence-corrected chi connectivity index (χ4v) is 11.3. The van der Waals surface area contributed by atoms with E-state index < -0.39 is 0 Å². The first-order valence-electron chi connectivity index (χ1n) is 26.6. The summed E-state index contributed by atoms with van der Waals surface area (Å²) in [6.45, 7) is 6.17. The van der Waals surface area contributed by atoms with E-state index >= 15 is 0 Å². The molecule has 0 spiro atoms. The number of aliphatic hydroxyl groups is 2.